The smallest absolute Gasteiger partial charge is 0.257 e. The van der Waals surface area contributed by atoms with Gasteiger partial charge in [-0.25, -0.2) is 0 Å². The minimum absolute atomic E-state index is 0.174. The van der Waals surface area contributed by atoms with Crippen LogP contribution in [0.4, 0.5) is 0 Å². The van der Waals surface area contributed by atoms with Gasteiger partial charge in [-0.1, -0.05) is 30.4 Å². The molecule has 1 N–H and O–H groups in total. The quantitative estimate of drug-likeness (QED) is 0.602. The van der Waals surface area contributed by atoms with Crippen LogP contribution < -0.4 is 0 Å². The Hall–Kier alpha value is -0.380. The van der Waals surface area contributed by atoms with Crippen LogP contribution in [-0.2, 0) is 14.4 Å². The average molecular weight is 176 g/mol. The van der Waals surface area contributed by atoms with Crippen molar-refractivity contribution in [1.82, 2.24) is 0 Å². The summed E-state index contributed by atoms with van der Waals surface area (Å²) in [7, 11) is -1.78. The van der Waals surface area contributed by atoms with Gasteiger partial charge in [0.05, 0.1) is 0 Å². The van der Waals surface area contributed by atoms with Crippen molar-refractivity contribution < 1.29 is 4.79 Å². The Morgan fingerprint density at radius 1 is 1.36 bits per heavy atom. The van der Waals surface area contributed by atoms with Crippen LogP contribution in [0.2, 0.25) is 0 Å². The number of nitrogens with one attached hydrogen (secondary N) is 1. The number of nitrogens with zero attached hydrogens (tertiary/aromatic N) is 1. The molecule has 0 unspecified atom stereocenters. The van der Waals surface area contributed by atoms with Gasteiger partial charge in [-0.2, -0.15) is 4.36 Å². The van der Waals surface area contributed by atoms with Crippen molar-refractivity contribution in [2.45, 2.75) is 20.8 Å². The van der Waals surface area contributed by atoms with E-state index in [-0.39, 0.29) is 5.91 Å². The first kappa shape index (κ1) is 10.6. The fourth-order valence-electron chi connectivity index (χ4n) is 0.344. The third-order valence-corrected chi connectivity index (χ3v) is 1.57. The monoisotopic (exact) mass is 176 g/mol. The van der Waals surface area contributed by atoms with Crippen LogP contribution in [0.3, 0.4) is 0 Å². The van der Waals surface area contributed by atoms with Crippen molar-refractivity contribution in [3.05, 3.63) is 0 Å². The number of carbonyl (C=O) groups excluding carboxylic acids is 1. The van der Waals surface area contributed by atoms with Gasteiger partial charge in [0, 0.05) is 17.9 Å². The summed E-state index contributed by atoms with van der Waals surface area (Å²) in [6.07, 6.45) is 3.35. The van der Waals surface area contributed by atoms with Gasteiger partial charge in [-0.3, -0.25) is 9.57 Å². The van der Waals surface area contributed by atoms with E-state index >= 15 is 0 Å². The molecule has 0 radical (unpaired) electrons. The Morgan fingerprint density at radius 3 is 1.82 bits per heavy atom. The first-order valence-corrected chi connectivity index (χ1v) is 5.79. The molecule has 0 spiro atoms. The molecule has 0 bridgehead atoms. The highest BCUT2D eigenvalue weighted by Crippen LogP contribution is 2.15. The lowest BCUT2D eigenvalue weighted by atomic mass is 9.96. The van der Waals surface area contributed by atoms with E-state index in [9.17, 15) is 4.79 Å². The van der Waals surface area contributed by atoms with Crippen LogP contribution in [0.5, 0.6) is 0 Å². The van der Waals surface area contributed by atoms with E-state index in [1.165, 1.54) is 0 Å². The minimum Gasteiger partial charge on any atom is -0.271 e. The highest BCUT2D eigenvalue weighted by atomic mass is 32.2. The Bertz CT molecular complexity index is 259. The number of amides is 1. The number of rotatable bonds is 0. The summed E-state index contributed by atoms with van der Waals surface area (Å²) in [5.41, 5.74) is -0.439. The van der Waals surface area contributed by atoms with Gasteiger partial charge in [-0.15, -0.1) is 0 Å². The lowest BCUT2D eigenvalue weighted by Gasteiger charge is -2.13. The predicted molar refractivity (Wildman–Crippen MR) is 48.8 cm³/mol. The molecule has 11 heavy (non-hydrogen) atoms. The Kier molecular flexibility index (Phi) is 2.83. The molecule has 0 saturated carbocycles. The molecule has 66 valence electrons. The average Bonchev–Trinajstić information content (AvgIpc) is 1.56. The molecule has 0 aromatic carbocycles. The molecule has 0 aromatic rings. The number of hydrogen-bond acceptors (Lipinski definition) is 2. The fraction of sp³-hybridized carbons (Fsp3) is 0.857. The summed E-state index contributed by atoms with van der Waals surface area (Å²) in [5.74, 6) is -0.174. The van der Waals surface area contributed by atoms with E-state index in [2.05, 4.69) is 4.36 Å². The first-order valence-electron chi connectivity index (χ1n) is 3.38. The molecule has 0 atom stereocenters. The lowest BCUT2D eigenvalue weighted by molar-refractivity contribution is -0.124. The Balaban J connectivity index is 4.73. The molecule has 1 amide bonds. The van der Waals surface area contributed by atoms with Crippen molar-refractivity contribution in [3.63, 3.8) is 0 Å². The third kappa shape index (κ3) is 4.95. The third-order valence-electron chi connectivity index (χ3n) is 0.953. The van der Waals surface area contributed by atoms with E-state index in [0.717, 1.165) is 0 Å². The van der Waals surface area contributed by atoms with Crippen LogP contribution >= 0.6 is 0 Å². The lowest BCUT2D eigenvalue weighted by Crippen LogP contribution is -2.18. The van der Waals surface area contributed by atoms with E-state index < -0.39 is 15.0 Å². The van der Waals surface area contributed by atoms with Crippen molar-refractivity contribution in [2.24, 2.45) is 9.78 Å². The summed E-state index contributed by atoms with van der Waals surface area (Å²) < 4.78 is 11.2. The normalized spacial score (nSPS) is 12.8. The van der Waals surface area contributed by atoms with Crippen molar-refractivity contribution >= 4 is 15.5 Å². The van der Waals surface area contributed by atoms with Gasteiger partial charge in [0.15, 0.2) is 0 Å². The highest BCUT2D eigenvalue weighted by molar-refractivity contribution is 7.93. The number of hydrogen-bond donors (Lipinski definition) is 1. The van der Waals surface area contributed by atoms with Gasteiger partial charge < -0.3 is 0 Å². The van der Waals surface area contributed by atoms with Crippen LogP contribution in [0.1, 0.15) is 20.8 Å². The molecule has 0 fully saturated rings. The molecular formula is C7H16N2OS. The molecule has 0 heterocycles. The van der Waals surface area contributed by atoms with E-state index in [4.69, 9.17) is 4.78 Å². The van der Waals surface area contributed by atoms with Crippen LogP contribution in [0.15, 0.2) is 4.36 Å². The maximum absolute atomic E-state index is 11.2. The zero-order chi connectivity index (χ0) is 9.28. The van der Waals surface area contributed by atoms with E-state index in [0.29, 0.717) is 0 Å². The molecule has 0 aliphatic rings. The first-order chi connectivity index (χ1) is 4.63. The molecule has 4 heteroatoms. The Morgan fingerprint density at radius 2 is 1.73 bits per heavy atom. The molecule has 3 nitrogen and oxygen atoms in total. The molecule has 0 rings (SSSR count). The second kappa shape index (κ2) is 2.93. The van der Waals surface area contributed by atoms with E-state index in [1.54, 1.807) is 12.5 Å². The van der Waals surface area contributed by atoms with Crippen molar-refractivity contribution in [1.29, 1.82) is 4.78 Å². The summed E-state index contributed by atoms with van der Waals surface area (Å²) in [4.78, 5) is 11.2. The van der Waals surface area contributed by atoms with Gasteiger partial charge in [0.2, 0.25) is 0 Å². The van der Waals surface area contributed by atoms with Gasteiger partial charge >= 0.3 is 0 Å². The van der Waals surface area contributed by atoms with Gasteiger partial charge in [0.25, 0.3) is 5.91 Å². The van der Waals surface area contributed by atoms with Crippen molar-refractivity contribution in [3.8, 4) is 0 Å². The number of carbonyl (C=O) groups is 1. The van der Waals surface area contributed by atoms with E-state index in [1.807, 2.05) is 20.8 Å². The standard InChI is InChI=1S/C7H16N2OS/c1-7(2,3)6(10)9-11(4,5)8/h8H,1-5H3. The zero-order valence-corrected chi connectivity index (χ0v) is 8.58. The Labute approximate surface area is 68.8 Å². The fourth-order valence-corrected chi connectivity index (χ4v) is 1.03. The van der Waals surface area contributed by atoms with Crippen LogP contribution in [0, 0.1) is 10.2 Å². The second-order valence-corrected chi connectivity index (χ2v) is 6.65. The van der Waals surface area contributed by atoms with Crippen LogP contribution in [0.25, 0.3) is 0 Å². The maximum atomic E-state index is 11.2. The molecule has 0 saturated heterocycles. The highest BCUT2D eigenvalue weighted by Gasteiger charge is 2.20. The summed E-state index contributed by atoms with van der Waals surface area (Å²) in [6.45, 7) is 5.43. The molecule has 0 aliphatic heterocycles. The second-order valence-electron chi connectivity index (χ2n) is 3.92. The SMILES string of the molecule is CC(C)(C)C(=O)N=S(C)(C)=N. The van der Waals surface area contributed by atoms with Crippen LogP contribution in [-0.4, -0.2) is 18.4 Å². The topological polar surface area (TPSA) is 53.3 Å². The molecule has 0 aromatic heterocycles. The summed E-state index contributed by atoms with van der Waals surface area (Å²) >= 11 is 0. The van der Waals surface area contributed by atoms with Gasteiger partial charge in [0.1, 0.15) is 0 Å². The molecular weight excluding hydrogens is 160 g/mol. The summed E-state index contributed by atoms with van der Waals surface area (Å²) in [6, 6.07) is 0. The summed E-state index contributed by atoms with van der Waals surface area (Å²) in [5, 5.41) is 0. The predicted octanol–water partition coefficient (Wildman–Crippen LogP) is 1.92. The maximum Gasteiger partial charge on any atom is 0.257 e. The van der Waals surface area contributed by atoms with Crippen molar-refractivity contribution in [2.75, 3.05) is 12.5 Å². The zero-order valence-electron chi connectivity index (χ0n) is 7.76. The largest absolute Gasteiger partial charge is 0.271 e. The minimum atomic E-state index is -1.78. The van der Waals surface area contributed by atoms with Gasteiger partial charge in [-0.05, 0) is 0 Å². The molecule has 0 aliphatic carbocycles.